The quantitative estimate of drug-likeness (QED) is 0.556. The number of nitrogens with one attached hydrogen (secondary N) is 2. The van der Waals surface area contributed by atoms with Gasteiger partial charge < -0.3 is 20.1 Å². The van der Waals surface area contributed by atoms with Crippen LogP contribution in [0, 0.1) is 11.8 Å². The number of carbonyl (C=O) groups is 4. The summed E-state index contributed by atoms with van der Waals surface area (Å²) in [4.78, 5) is 48.6. The number of esters is 2. The molecule has 0 aliphatic rings. The van der Waals surface area contributed by atoms with Gasteiger partial charge in [-0.3, -0.25) is 9.59 Å². The van der Waals surface area contributed by atoms with Crippen molar-refractivity contribution in [1.29, 1.82) is 0 Å². The topological polar surface area (TPSA) is 111 Å². The summed E-state index contributed by atoms with van der Waals surface area (Å²) in [7, 11) is 0. The van der Waals surface area contributed by atoms with Crippen molar-refractivity contribution in [2.45, 2.75) is 53.8 Å². The van der Waals surface area contributed by atoms with Crippen molar-refractivity contribution in [3.63, 3.8) is 0 Å². The predicted molar refractivity (Wildman–Crippen MR) is 110 cm³/mol. The van der Waals surface area contributed by atoms with E-state index in [1.165, 1.54) is 26.0 Å². The Balaban J connectivity index is 2.59. The van der Waals surface area contributed by atoms with Crippen LogP contribution >= 0.6 is 11.3 Å². The molecule has 29 heavy (non-hydrogen) atoms. The van der Waals surface area contributed by atoms with E-state index in [9.17, 15) is 19.2 Å². The molecule has 1 aromatic heterocycles. The maximum Gasteiger partial charge on any atom is 0.349 e. The van der Waals surface area contributed by atoms with Crippen molar-refractivity contribution in [1.82, 2.24) is 10.6 Å². The average Bonchev–Trinajstić information content (AvgIpc) is 3.14. The van der Waals surface area contributed by atoms with Crippen LogP contribution in [0.3, 0.4) is 0 Å². The average molecular weight is 427 g/mol. The van der Waals surface area contributed by atoms with E-state index in [-0.39, 0.29) is 33.4 Å². The van der Waals surface area contributed by atoms with Gasteiger partial charge in [0.25, 0.3) is 11.8 Å². The summed E-state index contributed by atoms with van der Waals surface area (Å²) in [6.07, 6.45) is -1.91. The fourth-order valence-corrected chi connectivity index (χ4v) is 2.77. The molecule has 0 saturated carbocycles. The summed E-state index contributed by atoms with van der Waals surface area (Å²) in [5.41, 5.74) is 0. The largest absolute Gasteiger partial charge is 0.448 e. The predicted octanol–water partition coefficient (Wildman–Crippen LogP) is 2.38. The second-order valence-corrected chi connectivity index (χ2v) is 8.62. The lowest BCUT2D eigenvalue weighted by atomic mass is 10.2. The van der Waals surface area contributed by atoms with Gasteiger partial charge in [0, 0.05) is 13.1 Å². The molecule has 162 valence electrons. The first-order valence-electron chi connectivity index (χ1n) is 9.58. The van der Waals surface area contributed by atoms with Gasteiger partial charge in [0.1, 0.15) is 9.75 Å². The highest BCUT2D eigenvalue weighted by atomic mass is 32.1. The molecule has 0 aliphatic carbocycles. The third-order valence-corrected chi connectivity index (χ3v) is 4.73. The van der Waals surface area contributed by atoms with Crippen LogP contribution in [0.4, 0.5) is 0 Å². The van der Waals surface area contributed by atoms with E-state index < -0.39 is 24.1 Å². The van der Waals surface area contributed by atoms with Gasteiger partial charge in [-0.25, -0.2) is 9.59 Å². The van der Waals surface area contributed by atoms with Gasteiger partial charge in [0.05, 0.1) is 0 Å². The molecule has 0 fully saturated rings. The molecule has 0 aliphatic heterocycles. The Morgan fingerprint density at radius 1 is 0.759 bits per heavy atom. The molecule has 1 aromatic rings. The van der Waals surface area contributed by atoms with Gasteiger partial charge in [0.15, 0.2) is 12.2 Å². The second-order valence-electron chi connectivity index (χ2n) is 7.54. The van der Waals surface area contributed by atoms with E-state index in [1.54, 1.807) is 0 Å². The van der Waals surface area contributed by atoms with E-state index in [4.69, 9.17) is 9.47 Å². The lowest BCUT2D eigenvalue weighted by Gasteiger charge is -2.14. The maximum absolute atomic E-state index is 12.2. The van der Waals surface area contributed by atoms with Crippen molar-refractivity contribution in [2.24, 2.45) is 11.8 Å². The standard InChI is InChI=1S/C20H30N2O6S/c1-11(2)9-21-17(23)13(5)27-19(25)15-7-8-16(29-15)20(26)28-14(6)18(24)22-10-12(3)4/h7-8,11-14H,9-10H2,1-6H3,(H,21,23)(H,22,24)/t13-,14-/m1/s1. The van der Waals surface area contributed by atoms with Crippen LogP contribution < -0.4 is 10.6 Å². The third-order valence-electron chi connectivity index (χ3n) is 3.68. The van der Waals surface area contributed by atoms with Gasteiger partial charge in [0.2, 0.25) is 0 Å². The molecule has 0 bridgehead atoms. The molecule has 2 N–H and O–H groups in total. The minimum Gasteiger partial charge on any atom is -0.448 e. The molecule has 0 spiro atoms. The first-order chi connectivity index (χ1) is 13.5. The number of thiophene rings is 1. The van der Waals surface area contributed by atoms with Gasteiger partial charge in [-0.2, -0.15) is 0 Å². The zero-order chi connectivity index (χ0) is 22.1. The molecule has 2 amide bonds. The highest BCUT2D eigenvalue weighted by Gasteiger charge is 2.23. The molecule has 0 radical (unpaired) electrons. The zero-order valence-corrected chi connectivity index (χ0v) is 18.6. The first kappa shape index (κ1) is 24.6. The summed E-state index contributed by atoms with van der Waals surface area (Å²) in [6, 6.07) is 2.84. The van der Waals surface area contributed by atoms with E-state index in [0.29, 0.717) is 13.1 Å². The molecule has 1 heterocycles. The van der Waals surface area contributed by atoms with Crippen LogP contribution in [-0.4, -0.2) is 49.1 Å². The molecule has 0 unspecified atom stereocenters. The van der Waals surface area contributed by atoms with Crippen molar-refractivity contribution < 1.29 is 28.7 Å². The van der Waals surface area contributed by atoms with Gasteiger partial charge in [-0.05, 0) is 37.8 Å². The zero-order valence-electron chi connectivity index (χ0n) is 17.7. The van der Waals surface area contributed by atoms with Crippen LogP contribution in [0.2, 0.25) is 0 Å². The Morgan fingerprint density at radius 2 is 1.10 bits per heavy atom. The monoisotopic (exact) mass is 426 g/mol. The summed E-state index contributed by atoms with van der Waals surface area (Å²) in [5, 5.41) is 5.37. The molecule has 9 heteroatoms. The van der Waals surface area contributed by atoms with Crippen molar-refractivity contribution in [3.05, 3.63) is 21.9 Å². The van der Waals surface area contributed by atoms with Gasteiger partial charge >= 0.3 is 11.9 Å². The Labute approximate surface area is 175 Å². The Morgan fingerprint density at radius 3 is 1.41 bits per heavy atom. The van der Waals surface area contributed by atoms with Crippen molar-refractivity contribution in [2.75, 3.05) is 13.1 Å². The van der Waals surface area contributed by atoms with Gasteiger partial charge in [-0.1, -0.05) is 27.7 Å². The molecule has 1 rings (SSSR count). The fourth-order valence-electron chi connectivity index (χ4n) is 2.00. The maximum atomic E-state index is 12.2. The Bertz CT molecular complexity index is 670. The highest BCUT2D eigenvalue weighted by molar-refractivity contribution is 7.15. The summed E-state index contributed by atoms with van der Waals surface area (Å²) in [6.45, 7) is 11.8. The summed E-state index contributed by atoms with van der Waals surface area (Å²) in [5.74, 6) is -1.62. The lowest BCUT2D eigenvalue weighted by Crippen LogP contribution is -2.37. The van der Waals surface area contributed by atoms with E-state index in [2.05, 4.69) is 10.6 Å². The first-order valence-corrected chi connectivity index (χ1v) is 10.4. The number of rotatable bonds is 10. The SMILES string of the molecule is CC(C)CNC(=O)[C@@H](C)OC(=O)c1ccc(C(=O)O[C@H](C)C(=O)NCC(C)C)s1. The second kappa shape index (κ2) is 11.5. The van der Waals surface area contributed by atoms with Crippen molar-refractivity contribution >= 4 is 35.1 Å². The van der Waals surface area contributed by atoms with E-state index in [0.717, 1.165) is 11.3 Å². The molecular formula is C20H30N2O6S. The number of amides is 2. The van der Waals surface area contributed by atoms with Crippen LogP contribution in [0.25, 0.3) is 0 Å². The molecule has 2 atom stereocenters. The number of ether oxygens (including phenoxy) is 2. The Kier molecular flexibility index (Phi) is 9.80. The third kappa shape index (κ3) is 8.64. The highest BCUT2D eigenvalue weighted by Crippen LogP contribution is 2.19. The molecule has 0 saturated heterocycles. The van der Waals surface area contributed by atoms with Crippen molar-refractivity contribution in [3.8, 4) is 0 Å². The van der Waals surface area contributed by atoms with Crippen LogP contribution in [0.1, 0.15) is 60.9 Å². The number of carbonyl (C=O) groups excluding carboxylic acids is 4. The summed E-state index contributed by atoms with van der Waals surface area (Å²) < 4.78 is 10.3. The molecular weight excluding hydrogens is 396 g/mol. The fraction of sp³-hybridized carbons (Fsp3) is 0.600. The van der Waals surface area contributed by atoms with Crippen LogP contribution in [0.15, 0.2) is 12.1 Å². The lowest BCUT2D eigenvalue weighted by molar-refractivity contribution is -0.129. The molecule has 0 aromatic carbocycles. The Hall–Kier alpha value is -2.42. The van der Waals surface area contributed by atoms with E-state index in [1.807, 2.05) is 27.7 Å². The number of hydrogen-bond acceptors (Lipinski definition) is 7. The van der Waals surface area contributed by atoms with Crippen LogP contribution in [-0.2, 0) is 19.1 Å². The smallest absolute Gasteiger partial charge is 0.349 e. The van der Waals surface area contributed by atoms with Gasteiger partial charge in [-0.15, -0.1) is 11.3 Å². The summed E-state index contributed by atoms with van der Waals surface area (Å²) >= 11 is 0.881. The minimum absolute atomic E-state index is 0.164. The molecule has 8 nitrogen and oxygen atoms in total. The van der Waals surface area contributed by atoms with E-state index >= 15 is 0 Å². The minimum atomic E-state index is -0.955. The van der Waals surface area contributed by atoms with Crippen LogP contribution in [0.5, 0.6) is 0 Å². The number of hydrogen-bond donors (Lipinski definition) is 2. The normalized spacial score (nSPS) is 13.0.